The van der Waals surface area contributed by atoms with Gasteiger partial charge in [-0.05, 0) is 18.1 Å². The van der Waals surface area contributed by atoms with E-state index in [2.05, 4.69) is 27.0 Å². The second kappa shape index (κ2) is 7.93. The fourth-order valence-electron chi connectivity index (χ4n) is 3.86. The maximum absolute atomic E-state index is 12.2. The first kappa shape index (κ1) is 17.8. The number of hydrogen-bond acceptors (Lipinski definition) is 5. The molecule has 0 saturated carbocycles. The molecule has 2 saturated heterocycles. The van der Waals surface area contributed by atoms with E-state index in [0.717, 1.165) is 45.0 Å². The van der Waals surface area contributed by atoms with Crippen LogP contribution < -0.4 is 5.32 Å². The van der Waals surface area contributed by atoms with Gasteiger partial charge in [0.05, 0.1) is 18.4 Å². The van der Waals surface area contributed by atoms with E-state index in [1.807, 2.05) is 17.0 Å². The third-order valence-corrected chi connectivity index (χ3v) is 5.19. The van der Waals surface area contributed by atoms with Crippen LogP contribution in [-0.4, -0.2) is 83.4 Å². The summed E-state index contributed by atoms with van der Waals surface area (Å²) >= 11 is 0. The number of piperazine rings is 1. The van der Waals surface area contributed by atoms with Crippen LogP contribution in [-0.2, 0) is 9.59 Å². The van der Waals surface area contributed by atoms with Gasteiger partial charge in [0.15, 0.2) is 0 Å². The highest BCUT2D eigenvalue weighted by Gasteiger charge is 2.36. The number of nitrogens with one attached hydrogen (secondary N) is 1. The number of pyridine rings is 1. The highest BCUT2D eigenvalue weighted by atomic mass is 16.2. The van der Waals surface area contributed by atoms with Gasteiger partial charge in [-0.1, -0.05) is 6.92 Å². The molecule has 2 atom stereocenters. The van der Waals surface area contributed by atoms with E-state index in [1.54, 1.807) is 19.3 Å². The van der Waals surface area contributed by atoms with Gasteiger partial charge in [-0.25, -0.2) is 0 Å². The molecule has 0 unspecified atom stereocenters. The minimum atomic E-state index is 0.00208. The Balaban J connectivity index is 1.48. The third-order valence-electron chi connectivity index (χ3n) is 5.19. The second-order valence-corrected chi connectivity index (χ2v) is 7.07. The Morgan fingerprint density at radius 2 is 2.00 bits per heavy atom. The molecule has 2 amide bonds. The lowest BCUT2D eigenvalue weighted by atomic mass is 10.0. The fraction of sp³-hybridized carbons (Fsp3) is 0.611. The molecular weight excluding hydrogens is 318 g/mol. The standard InChI is InChI=1S/C18H27N5O2/c1-14-11-21(13-18(25)20-16-4-3-5-19-10-16)12-17(14)23-8-6-22(7-9-23)15(2)24/h3-5,10,14,17H,6-9,11-13H2,1-2H3,(H,20,25)/t14-,17-/m0/s1. The van der Waals surface area contributed by atoms with Crippen molar-refractivity contribution >= 4 is 17.5 Å². The Labute approximate surface area is 149 Å². The first-order valence-electron chi connectivity index (χ1n) is 8.94. The molecule has 3 heterocycles. The molecule has 2 aliphatic heterocycles. The van der Waals surface area contributed by atoms with Crippen LogP contribution in [0.25, 0.3) is 0 Å². The maximum atomic E-state index is 12.2. The molecule has 1 aromatic rings. The van der Waals surface area contributed by atoms with E-state index >= 15 is 0 Å². The summed E-state index contributed by atoms with van der Waals surface area (Å²) in [7, 11) is 0. The van der Waals surface area contributed by atoms with Crippen molar-refractivity contribution in [1.29, 1.82) is 0 Å². The van der Waals surface area contributed by atoms with Gasteiger partial charge >= 0.3 is 0 Å². The summed E-state index contributed by atoms with van der Waals surface area (Å²) in [5, 5.41) is 2.90. The van der Waals surface area contributed by atoms with Gasteiger partial charge in [0, 0.05) is 58.4 Å². The first-order chi connectivity index (χ1) is 12.0. The van der Waals surface area contributed by atoms with Crippen LogP contribution in [0.5, 0.6) is 0 Å². The van der Waals surface area contributed by atoms with Gasteiger partial charge in [-0.15, -0.1) is 0 Å². The molecule has 7 heteroatoms. The van der Waals surface area contributed by atoms with Crippen molar-refractivity contribution < 1.29 is 9.59 Å². The summed E-state index contributed by atoms with van der Waals surface area (Å²) in [6.45, 7) is 9.58. The van der Waals surface area contributed by atoms with Crippen LogP contribution >= 0.6 is 0 Å². The molecule has 0 spiro atoms. The number of anilines is 1. The van der Waals surface area contributed by atoms with Crippen LogP contribution in [0.2, 0.25) is 0 Å². The smallest absolute Gasteiger partial charge is 0.238 e. The normalized spacial score (nSPS) is 25.1. The van der Waals surface area contributed by atoms with Crippen LogP contribution in [0, 0.1) is 5.92 Å². The topological polar surface area (TPSA) is 68.8 Å². The average molecular weight is 345 g/mol. The Morgan fingerprint density at radius 1 is 1.24 bits per heavy atom. The molecule has 0 radical (unpaired) electrons. The predicted molar refractivity (Wildman–Crippen MR) is 96.1 cm³/mol. The van der Waals surface area contributed by atoms with E-state index in [4.69, 9.17) is 0 Å². The van der Waals surface area contributed by atoms with Gasteiger partial charge in [0.1, 0.15) is 0 Å². The van der Waals surface area contributed by atoms with Gasteiger partial charge in [0.25, 0.3) is 0 Å². The summed E-state index contributed by atoms with van der Waals surface area (Å²) < 4.78 is 0. The van der Waals surface area contributed by atoms with Crippen molar-refractivity contribution in [1.82, 2.24) is 19.7 Å². The molecule has 0 aliphatic carbocycles. The number of carbonyl (C=O) groups is 2. The van der Waals surface area contributed by atoms with Crippen molar-refractivity contribution in [3.05, 3.63) is 24.5 Å². The second-order valence-electron chi connectivity index (χ2n) is 7.07. The quantitative estimate of drug-likeness (QED) is 0.861. The van der Waals surface area contributed by atoms with Gasteiger partial charge in [0.2, 0.25) is 11.8 Å². The first-order valence-corrected chi connectivity index (χ1v) is 8.94. The van der Waals surface area contributed by atoms with Gasteiger partial charge in [-0.3, -0.25) is 24.4 Å². The predicted octanol–water partition coefficient (Wildman–Crippen LogP) is 0.505. The van der Waals surface area contributed by atoms with Crippen molar-refractivity contribution in [2.45, 2.75) is 19.9 Å². The molecule has 0 aromatic carbocycles. The lowest BCUT2D eigenvalue weighted by molar-refractivity contribution is -0.131. The zero-order chi connectivity index (χ0) is 17.8. The molecule has 1 N–H and O–H groups in total. The molecule has 2 fully saturated rings. The van der Waals surface area contributed by atoms with E-state index in [-0.39, 0.29) is 11.8 Å². The highest BCUT2D eigenvalue weighted by Crippen LogP contribution is 2.23. The Bertz CT molecular complexity index is 601. The van der Waals surface area contributed by atoms with Gasteiger partial charge in [-0.2, -0.15) is 0 Å². The molecule has 7 nitrogen and oxygen atoms in total. The van der Waals surface area contributed by atoms with Crippen LogP contribution in [0.3, 0.4) is 0 Å². The lowest BCUT2D eigenvalue weighted by Crippen LogP contribution is -2.53. The molecule has 0 bridgehead atoms. The fourth-order valence-corrected chi connectivity index (χ4v) is 3.86. The lowest BCUT2D eigenvalue weighted by Gasteiger charge is -2.39. The zero-order valence-corrected chi connectivity index (χ0v) is 15.0. The zero-order valence-electron chi connectivity index (χ0n) is 15.0. The summed E-state index contributed by atoms with van der Waals surface area (Å²) in [6, 6.07) is 4.11. The minimum Gasteiger partial charge on any atom is -0.340 e. The number of amides is 2. The molecule has 136 valence electrons. The van der Waals surface area contributed by atoms with Crippen LogP contribution in [0.1, 0.15) is 13.8 Å². The Kier molecular flexibility index (Phi) is 5.65. The Morgan fingerprint density at radius 3 is 2.64 bits per heavy atom. The highest BCUT2D eigenvalue weighted by molar-refractivity contribution is 5.92. The molecule has 2 aliphatic rings. The van der Waals surface area contributed by atoms with Crippen molar-refractivity contribution in [3.8, 4) is 0 Å². The number of rotatable bonds is 4. The Hall–Kier alpha value is -1.99. The van der Waals surface area contributed by atoms with E-state index in [0.29, 0.717) is 18.5 Å². The SMILES string of the molecule is CC(=O)N1CCN([C@H]2CN(CC(=O)Nc3cccnc3)C[C@@H]2C)CC1. The number of hydrogen-bond donors (Lipinski definition) is 1. The number of aromatic nitrogens is 1. The summed E-state index contributed by atoms with van der Waals surface area (Å²) in [6.07, 6.45) is 3.34. The minimum absolute atomic E-state index is 0.00208. The summed E-state index contributed by atoms with van der Waals surface area (Å²) in [5.74, 6) is 0.685. The van der Waals surface area contributed by atoms with Crippen molar-refractivity contribution in [2.24, 2.45) is 5.92 Å². The van der Waals surface area contributed by atoms with E-state index < -0.39 is 0 Å². The molecule has 1 aromatic heterocycles. The molecule has 3 rings (SSSR count). The molecular formula is C18H27N5O2. The van der Waals surface area contributed by atoms with Crippen molar-refractivity contribution in [2.75, 3.05) is 51.1 Å². The van der Waals surface area contributed by atoms with Crippen molar-refractivity contribution in [3.63, 3.8) is 0 Å². The average Bonchev–Trinajstić information content (AvgIpc) is 2.96. The number of carbonyl (C=O) groups excluding carboxylic acids is 2. The monoisotopic (exact) mass is 345 g/mol. The third kappa shape index (κ3) is 4.55. The largest absolute Gasteiger partial charge is 0.340 e. The maximum Gasteiger partial charge on any atom is 0.238 e. The van der Waals surface area contributed by atoms with E-state index in [9.17, 15) is 9.59 Å². The van der Waals surface area contributed by atoms with Crippen LogP contribution in [0.4, 0.5) is 5.69 Å². The molecule has 25 heavy (non-hydrogen) atoms. The number of likely N-dealkylation sites (tertiary alicyclic amines) is 1. The van der Waals surface area contributed by atoms with Crippen LogP contribution in [0.15, 0.2) is 24.5 Å². The van der Waals surface area contributed by atoms with E-state index in [1.165, 1.54) is 0 Å². The number of nitrogens with zero attached hydrogens (tertiary/aromatic N) is 4. The van der Waals surface area contributed by atoms with Gasteiger partial charge < -0.3 is 10.2 Å². The summed E-state index contributed by atoms with van der Waals surface area (Å²) in [5.41, 5.74) is 0.733. The summed E-state index contributed by atoms with van der Waals surface area (Å²) in [4.78, 5) is 34.3.